The van der Waals surface area contributed by atoms with E-state index < -0.39 is 17.7 Å². The Hall–Kier alpha value is -1.00. The van der Waals surface area contributed by atoms with Crippen molar-refractivity contribution in [3.05, 3.63) is 34.9 Å². The zero-order valence-corrected chi connectivity index (χ0v) is 11.8. The van der Waals surface area contributed by atoms with Gasteiger partial charge in [0, 0.05) is 23.6 Å². The molecule has 1 saturated heterocycles. The van der Waals surface area contributed by atoms with E-state index in [2.05, 4.69) is 6.92 Å². The maximum absolute atomic E-state index is 13.9. The number of nitrogens with two attached hydrogens (primary N) is 1. The molecule has 0 radical (unpaired) electrons. The molecular formula is C15H21F2NO. The summed E-state index contributed by atoms with van der Waals surface area (Å²) in [6, 6.07) is 1.95. The summed E-state index contributed by atoms with van der Waals surface area (Å²) in [6.45, 7) is 7.64. The molecule has 2 N–H and O–H groups in total. The monoisotopic (exact) mass is 269 g/mol. The van der Waals surface area contributed by atoms with Crippen LogP contribution < -0.4 is 5.73 Å². The van der Waals surface area contributed by atoms with Gasteiger partial charge < -0.3 is 10.5 Å². The van der Waals surface area contributed by atoms with Gasteiger partial charge in [0.1, 0.15) is 11.6 Å². The Bertz CT molecular complexity index is 477. The van der Waals surface area contributed by atoms with E-state index in [4.69, 9.17) is 10.5 Å². The van der Waals surface area contributed by atoms with E-state index in [0.29, 0.717) is 11.1 Å². The molecular weight excluding hydrogens is 248 g/mol. The van der Waals surface area contributed by atoms with E-state index in [1.807, 2.05) is 13.8 Å². The van der Waals surface area contributed by atoms with Crippen LogP contribution in [0.1, 0.15) is 37.9 Å². The van der Waals surface area contributed by atoms with Crippen LogP contribution in [0.4, 0.5) is 8.78 Å². The predicted octanol–water partition coefficient (Wildman–Crippen LogP) is 3.33. The van der Waals surface area contributed by atoms with Gasteiger partial charge in [0.15, 0.2) is 0 Å². The molecule has 5 unspecified atom stereocenters. The largest absolute Gasteiger partial charge is 0.375 e. The Balaban J connectivity index is 2.34. The minimum atomic E-state index is -0.574. The quantitative estimate of drug-likeness (QED) is 0.893. The molecule has 1 aliphatic rings. The number of ether oxygens (including phenoxy) is 1. The van der Waals surface area contributed by atoms with Gasteiger partial charge >= 0.3 is 0 Å². The SMILES string of the molecule is Cc1cc(C(N)C2C(C)OC(C)C2C)c(F)cc1F. The van der Waals surface area contributed by atoms with Crippen LogP contribution >= 0.6 is 0 Å². The molecule has 1 aromatic rings. The van der Waals surface area contributed by atoms with Crippen molar-refractivity contribution in [1.29, 1.82) is 0 Å². The molecule has 106 valence electrons. The van der Waals surface area contributed by atoms with Crippen molar-refractivity contribution < 1.29 is 13.5 Å². The topological polar surface area (TPSA) is 35.2 Å². The minimum absolute atomic E-state index is 0.0234. The van der Waals surface area contributed by atoms with Gasteiger partial charge in [0.05, 0.1) is 12.2 Å². The second-order valence-electron chi connectivity index (χ2n) is 5.63. The number of hydrogen-bond donors (Lipinski definition) is 1. The lowest BCUT2D eigenvalue weighted by Crippen LogP contribution is -2.31. The molecule has 0 spiro atoms. The third-order valence-corrected chi connectivity index (χ3v) is 4.37. The van der Waals surface area contributed by atoms with Gasteiger partial charge in [0.25, 0.3) is 0 Å². The van der Waals surface area contributed by atoms with Crippen molar-refractivity contribution in [2.45, 2.75) is 45.9 Å². The fourth-order valence-electron chi connectivity index (χ4n) is 3.06. The maximum Gasteiger partial charge on any atom is 0.130 e. The van der Waals surface area contributed by atoms with Crippen LogP contribution in [0.25, 0.3) is 0 Å². The van der Waals surface area contributed by atoms with Crippen LogP contribution in [0.15, 0.2) is 12.1 Å². The minimum Gasteiger partial charge on any atom is -0.375 e. The molecule has 19 heavy (non-hydrogen) atoms. The number of benzene rings is 1. The van der Waals surface area contributed by atoms with Crippen LogP contribution in [0, 0.1) is 30.4 Å². The van der Waals surface area contributed by atoms with E-state index in [1.54, 1.807) is 6.92 Å². The van der Waals surface area contributed by atoms with E-state index in [9.17, 15) is 8.78 Å². The summed E-state index contributed by atoms with van der Waals surface area (Å²) in [6.07, 6.45) is 0.0837. The van der Waals surface area contributed by atoms with E-state index in [0.717, 1.165) is 6.07 Å². The first kappa shape index (κ1) is 14.4. The fraction of sp³-hybridized carbons (Fsp3) is 0.600. The van der Waals surface area contributed by atoms with Crippen LogP contribution in [0.2, 0.25) is 0 Å². The van der Waals surface area contributed by atoms with E-state index in [1.165, 1.54) is 6.07 Å². The highest BCUT2D eigenvalue weighted by molar-refractivity contribution is 5.29. The molecule has 0 amide bonds. The van der Waals surface area contributed by atoms with Crippen molar-refractivity contribution in [3.8, 4) is 0 Å². The Kier molecular flexibility index (Phi) is 3.92. The summed E-state index contributed by atoms with van der Waals surface area (Å²) in [5, 5.41) is 0. The van der Waals surface area contributed by atoms with Gasteiger partial charge in [-0.1, -0.05) is 6.92 Å². The predicted molar refractivity (Wildman–Crippen MR) is 70.7 cm³/mol. The Labute approximate surface area is 112 Å². The van der Waals surface area contributed by atoms with Crippen molar-refractivity contribution in [2.24, 2.45) is 17.6 Å². The highest BCUT2D eigenvalue weighted by atomic mass is 19.1. The summed E-state index contributed by atoms with van der Waals surface area (Å²) in [4.78, 5) is 0. The third kappa shape index (κ3) is 2.51. The molecule has 5 atom stereocenters. The van der Waals surface area contributed by atoms with Crippen LogP contribution in [-0.4, -0.2) is 12.2 Å². The van der Waals surface area contributed by atoms with Crippen molar-refractivity contribution in [1.82, 2.24) is 0 Å². The normalized spacial score (nSPS) is 32.6. The first-order valence-corrected chi connectivity index (χ1v) is 6.69. The number of aryl methyl sites for hydroxylation is 1. The molecule has 1 aliphatic heterocycles. The summed E-state index contributed by atoms with van der Waals surface area (Å²) < 4.78 is 33.0. The first-order chi connectivity index (χ1) is 8.82. The highest BCUT2D eigenvalue weighted by Gasteiger charge is 2.41. The molecule has 0 saturated carbocycles. The van der Waals surface area contributed by atoms with Gasteiger partial charge in [-0.2, -0.15) is 0 Å². The third-order valence-electron chi connectivity index (χ3n) is 4.37. The summed E-state index contributed by atoms with van der Waals surface area (Å²) >= 11 is 0. The molecule has 1 heterocycles. The van der Waals surface area contributed by atoms with Crippen LogP contribution in [0.5, 0.6) is 0 Å². The molecule has 0 aromatic heterocycles. The second-order valence-corrected chi connectivity index (χ2v) is 5.63. The molecule has 1 aromatic carbocycles. The molecule has 2 rings (SSSR count). The summed E-state index contributed by atoms with van der Waals surface area (Å²) in [7, 11) is 0. The van der Waals surface area contributed by atoms with Crippen molar-refractivity contribution in [3.63, 3.8) is 0 Å². The second kappa shape index (κ2) is 5.17. The molecule has 1 fully saturated rings. The molecule has 4 heteroatoms. The van der Waals surface area contributed by atoms with Gasteiger partial charge in [-0.15, -0.1) is 0 Å². The fourth-order valence-corrected chi connectivity index (χ4v) is 3.06. The lowest BCUT2D eigenvalue weighted by atomic mass is 9.80. The van der Waals surface area contributed by atoms with Crippen LogP contribution in [0.3, 0.4) is 0 Å². The standard InChI is InChI=1S/C15H21F2NO/c1-7-5-11(13(17)6-12(7)16)15(18)14-8(2)9(3)19-10(14)4/h5-6,8-10,14-15H,18H2,1-4H3. The van der Waals surface area contributed by atoms with Crippen molar-refractivity contribution in [2.75, 3.05) is 0 Å². The molecule has 0 bridgehead atoms. The Morgan fingerprint density at radius 2 is 1.74 bits per heavy atom. The van der Waals surface area contributed by atoms with Gasteiger partial charge in [0.2, 0.25) is 0 Å². The van der Waals surface area contributed by atoms with Crippen molar-refractivity contribution >= 4 is 0 Å². The smallest absolute Gasteiger partial charge is 0.130 e. The molecule has 2 nitrogen and oxygen atoms in total. The number of hydrogen-bond acceptors (Lipinski definition) is 2. The highest BCUT2D eigenvalue weighted by Crippen LogP contribution is 2.40. The Morgan fingerprint density at radius 3 is 2.26 bits per heavy atom. The number of rotatable bonds is 2. The summed E-state index contributed by atoms with van der Waals surface area (Å²) in [5.41, 5.74) is 7.01. The average molecular weight is 269 g/mol. The van der Waals surface area contributed by atoms with Gasteiger partial charge in [-0.25, -0.2) is 8.78 Å². The van der Waals surface area contributed by atoms with Gasteiger partial charge in [-0.3, -0.25) is 0 Å². The van der Waals surface area contributed by atoms with Gasteiger partial charge in [-0.05, 0) is 38.3 Å². The first-order valence-electron chi connectivity index (χ1n) is 6.69. The Morgan fingerprint density at radius 1 is 1.11 bits per heavy atom. The molecule has 0 aliphatic carbocycles. The zero-order valence-electron chi connectivity index (χ0n) is 11.8. The lowest BCUT2D eigenvalue weighted by Gasteiger charge is -2.26. The number of halogens is 2. The van der Waals surface area contributed by atoms with E-state index in [-0.39, 0.29) is 24.0 Å². The lowest BCUT2D eigenvalue weighted by molar-refractivity contribution is 0.0488. The average Bonchev–Trinajstić information content (AvgIpc) is 2.57. The maximum atomic E-state index is 13.9. The zero-order chi connectivity index (χ0) is 14.3. The van der Waals surface area contributed by atoms with E-state index >= 15 is 0 Å². The van der Waals surface area contributed by atoms with Crippen LogP contribution in [-0.2, 0) is 4.74 Å². The summed E-state index contributed by atoms with van der Waals surface area (Å²) in [5.74, 6) is -0.829.